The average Bonchev–Trinajstić information content (AvgIpc) is 2.76. The van der Waals surface area contributed by atoms with Crippen LogP contribution in [0.3, 0.4) is 0 Å². The fourth-order valence-corrected chi connectivity index (χ4v) is 2.17. The van der Waals surface area contributed by atoms with Crippen molar-refractivity contribution in [2.75, 3.05) is 5.73 Å². The number of nitrogens with zero attached hydrogens (tertiary/aromatic N) is 2. The summed E-state index contributed by atoms with van der Waals surface area (Å²) in [6.45, 7) is 1.81. The van der Waals surface area contributed by atoms with Gasteiger partial charge in [0.15, 0.2) is 5.82 Å². The van der Waals surface area contributed by atoms with Crippen LogP contribution in [0, 0.1) is 6.92 Å². The van der Waals surface area contributed by atoms with Crippen molar-refractivity contribution >= 4 is 22.8 Å². The highest BCUT2D eigenvalue weighted by Gasteiger charge is 2.17. The van der Waals surface area contributed by atoms with Gasteiger partial charge in [-0.2, -0.15) is 0 Å². The van der Waals surface area contributed by atoms with E-state index in [0.29, 0.717) is 22.6 Å². The van der Waals surface area contributed by atoms with E-state index in [1.807, 2.05) is 37.3 Å². The van der Waals surface area contributed by atoms with Gasteiger partial charge in [-0.15, -0.1) is 0 Å². The first-order valence-corrected chi connectivity index (χ1v) is 6.24. The summed E-state index contributed by atoms with van der Waals surface area (Å²) < 4.78 is 4.82. The number of nitrogens with two attached hydrogens (primary N) is 2. The number of primary amides is 1. The molecule has 0 radical (unpaired) electrons. The molecule has 5 N–H and O–H groups in total. The Morgan fingerprint density at radius 3 is 2.62 bits per heavy atom. The van der Waals surface area contributed by atoms with E-state index in [9.17, 15) is 4.79 Å². The average molecular weight is 283 g/mol. The number of aromatic nitrogens is 3. The first-order chi connectivity index (χ1) is 10.1. The minimum atomic E-state index is -0.942. The summed E-state index contributed by atoms with van der Waals surface area (Å²) in [5, 5.41) is 0.617. The largest absolute Gasteiger partial charge is 0.411 e. The number of hydrogen-bond acceptors (Lipinski definition) is 5. The van der Waals surface area contributed by atoms with Gasteiger partial charge >= 0.3 is 6.09 Å². The quantitative estimate of drug-likeness (QED) is 0.664. The van der Waals surface area contributed by atoms with Crippen LogP contribution in [-0.4, -0.2) is 21.0 Å². The molecule has 0 unspecified atom stereocenters. The second-order valence-corrected chi connectivity index (χ2v) is 4.51. The standard InChI is InChI=1S/C14H13N5O2/c1-7-9-10(15)13(21-14(16)20)19-12(9)18-11(17-7)8-5-3-2-4-6-8/h2-6H,15H2,1H3,(H2,16,20)(H,17,18,19). The van der Waals surface area contributed by atoms with Crippen molar-refractivity contribution in [3.8, 4) is 17.3 Å². The molecule has 7 heteroatoms. The first-order valence-electron chi connectivity index (χ1n) is 6.24. The number of carbonyl (C=O) groups is 1. The molecule has 106 valence electrons. The van der Waals surface area contributed by atoms with E-state index in [4.69, 9.17) is 16.2 Å². The van der Waals surface area contributed by atoms with E-state index < -0.39 is 6.09 Å². The number of aryl methyl sites for hydroxylation is 1. The molecule has 2 aromatic heterocycles. The Morgan fingerprint density at radius 2 is 1.95 bits per heavy atom. The molecule has 0 bridgehead atoms. The molecule has 0 aliphatic rings. The molecule has 0 atom stereocenters. The zero-order valence-electron chi connectivity index (χ0n) is 11.3. The van der Waals surface area contributed by atoms with Gasteiger partial charge in [-0.1, -0.05) is 30.3 Å². The van der Waals surface area contributed by atoms with Crippen molar-refractivity contribution in [3.63, 3.8) is 0 Å². The predicted molar refractivity (Wildman–Crippen MR) is 78.7 cm³/mol. The summed E-state index contributed by atoms with van der Waals surface area (Å²) in [4.78, 5) is 22.6. The van der Waals surface area contributed by atoms with Crippen LogP contribution in [0.1, 0.15) is 5.69 Å². The number of amides is 1. The highest BCUT2D eigenvalue weighted by molar-refractivity contribution is 5.96. The van der Waals surface area contributed by atoms with Crippen LogP contribution in [0.15, 0.2) is 30.3 Å². The van der Waals surface area contributed by atoms with Crippen LogP contribution < -0.4 is 16.2 Å². The number of hydrogen-bond donors (Lipinski definition) is 3. The molecule has 0 aliphatic heterocycles. The van der Waals surface area contributed by atoms with E-state index in [1.54, 1.807) is 0 Å². The highest BCUT2D eigenvalue weighted by atomic mass is 16.6. The lowest BCUT2D eigenvalue weighted by Gasteiger charge is -2.02. The third kappa shape index (κ3) is 2.25. The number of aromatic amines is 1. The number of anilines is 1. The summed E-state index contributed by atoms with van der Waals surface area (Å²) in [5.41, 5.74) is 13.3. The lowest BCUT2D eigenvalue weighted by molar-refractivity contribution is 0.209. The number of nitrogens with one attached hydrogen (secondary N) is 1. The molecule has 3 aromatic rings. The van der Waals surface area contributed by atoms with Gasteiger partial charge in [-0.3, -0.25) is 0 Å². The summed E-state index contributed by atoms with van der Waals surface area (Å²) >= 11 is 0. The van der Waals surface area contributed by atoms with Crippen LogP contribution in [0.4, 0.5) is 10.5 Å². The van der Waals surface area contributed by atoms with Gasteiger partial charge in [0.05, 0.1) is 11.1 Å². The Kier molecular flexibility index (Phi) is 2.94. The number of rotatable bonds is 2. The minimum absolute atomic E-state index is 0.0834. The third-order valence-electron chi connectivity index (χ3n) is 3.07. The maximum atomic E-state index is 10.9. The molecule has 0 saturated heterocycles. The number of benzene rings is 1. The molecular weight excluding hydrogens is 270 g/mol. The van der Waals surface area contributed by atoms with Crippen LogP contribution >= 0.6 is 0 Å². The smallest absolute Gasteiger partial charge is 0.394 e. The molecule has 3 rings (SSSR count). The Labute approximate surface area is 120 Å². The number of carbonyl (C=O) groups excluding carboxylic acids is 1. The van der Waals surface area contributed by atoms with E-state index in [1.165, 1.54) is 0 Å². The summed E-state index contributed by atoms with van der Waals surface area (Å²) in [6.07, 6.45) is -0.942. The van der Waals surface area contributed by atoms with Gasteiger partial charge in [0.25, 0.3) is 0 Å². The Balaban J connectivity index is 2.18. The van der Waals surface area contributed by atoms with Gasteiger partial charge < -0.3 is 21.2 Å². The van der Waals surface area contributed by atoms with Crippen molar-refractivity contribution < 1.29 is 9.53 Å². The molecule has 0 aliphatic carbocycles. The molecular formula is C14H13N5O2. The molecule has 7 nitrogen and oxygen atoms in total. The number of H-pyrrole nitrogens is 1. The van der Waals surface area contributed by atoms with Crippen molar-refractivity contribution in [1.82, 2.24) is 15.0 Å². The Hall–Kier alpha value is -3.09. The van der Waals surface area contributed by atoms with Crippen LogP contribution in [0.25, 0.3) is 22.4 Å². The van der Waals surface area contributed by atoms with Crippen molar-refractivity contribution in [2.24, 2.45) is 5.73 Å². The van der Waals surface area contributed by atoms with Gasteiger partial charge in [0.2, 0.25) is 5.88 Å². The third-order valence-corrected chi connectivity index (χ3v) is 3.07. The molecule has 0 spiro atoms. The van der Waals surface area contributed by atoms with Gasteiger partial charge in [0, 0.05) is 5.56 Å². The normalized spacial score (nSPS) is 10.7. The van der Waals surface area contributed by atoms with Crippen molar-refractivity contribution in [2.45, 2.75) is 6.92 Å². The van der Waals surface area contributed by atoms with E-state index in [2.05, 4.69) is 15.0 Å². The molecule has 21 heavy (non-hydrogen) atoms. The van der Waals surface area contributed by atoms with Gasteiger partial charge in [-0.05, 0) is 6.92 Å². The Bertz CT molecular complexity index is 826. The van der Waals surface area contributed by atoms with E-state index in [-0.39, 0.29) is 11.6 Å². The maximum absolute atomic E-state index is 10.9. The lowest BCUT2D eigenvalue weighted by atomic mass is 10.2. The molecule has 2 heterocycles. The summed E-state index contributed by atoms with van der Waals surface area (Å²) in [6, 6.07) is 9.55. The van der Waals surface area contributed by atoms with E-state index >= 15 is 0 Å². The van der Waals surface area contributed by atoms with Crippen LogP contribution in [0.5, 0.6) is 5.88 Å². The fourth-order valence-electron chi connectivity index (χ4n) is 2.17. The second kappa shape index (κ2) is 4.78. The first kappa shape index (κ1) is 12.9. The Morgan fingerprint density at radius 1 is 1.24 bits per heavy atom. The monoisotopic (exact) mass is 283 g/mol. The lowest BCUT2D eigenvalue weighted by Crippen LogP contribution is -2.17. The number of ether oxygens (including phenoxy) is 1. The topological polar surface area (TPSA) is 120 Å². The van der Waals surface area contributed by atoms with Crippen molar-refractivity contribution in [3.05, 3.63) is 36.0 Å². The maximum Gasteiger partial charge on any atom is 0.411 e. The fraction of sp³-hybridized carbons (Fsp3) is 0.0714. The van der Waals surface area contributed by atoms with Crippen molar-refractivity contribution in [1.29, 1.82) is 0 Å². The second-order valence-electron chi connectivity index (χ2n) is 4.51. The number of nitrogen functional groups attached to an aromatic ring is 1. The SMILES string of the molecule is Cc1nc(-c2ccccc2)nc2[nH]c(OC(N)=O)c(N)c12. The number of fused-ring (bicyclic) bond motifs is 1. The highest BCUT2D eigenvalue weighted by Crippen LogP contribution is 2.32. The summed E-state index contributed by atoms with van der Waals surface area (Å²) in [5.74, 6) is 0.646. The van der Waals surface area contributed by atoms with Crippen LogP contribution in [0.2, 0.25) is 0 Å². The predicted octanol–water partition coefficient (Wildman–Crippen LogP) is 1.97. The van der Waals surface area contributed by atoms with Crippen LogP contribution in [-0.2, 0) is 0 Å². The van der Waals surface area contributed by atoms with Gasteiger partial charge in [0.1, 0.15) is 11.3 Å². The zero-order valence-corrected chi connectivity index (χ0v) is 11.3. The zero-order chi connectivity index (χ0) is 15.0. The molecule has 0 fully saturated rings. The summed E-state index contributed by atoms with van der Waals surface area (Å²) in [7, 11) is 0. The minimum Gasteiger partial charge on any atom is -0.394 e. The molecule has 0 saturated carbocycles. The van der Waals surface area contributed by atoms with E-state index in [0.717, 1.165) is 5.56 Å². The molecule has 1 amide bonds. The molecule has 1 aromatic carbocycles. The van der Waals surface area contributed by atoms with Gasteiger partial charge in [-0.25, -0.2) is 14.8 Å².